The van der Waals surface area contributed by atoms with Crippen molar-refractivity contribution in [3.63, 3.8) is 0 Å². The fraction of sp³-hybridized carbons (Fsp3) is 0.429. The first-order chi connectivity index (χ1) is 9.89. The summed E-state index contributed by atoms with van der Waals surface area (Å²) in [4.78, 5) is 10.3. The lowest BCUT2D eigenvalue weighted by Crippen LogP contribution is -2.09. The Labute approximate surface area is 123 Å². The molecule has 0 saturated heterocycles. The molecule has 0 fully saturated rings. The predicted molar refractivity (Wildman–Crippen MR) is 81.2 cm³/mol. The normalized spacial score (nSPS) is 14.8. The van der Waals surface area contributed by atoms with E-state index in [1.807, 2.05) is 0 Å². The SMILES string of the molecule is CS(=O)(=O)c1cccc(NCCC2=CCCC2)c1[N+](=O)[O-]. The first kappa shape index (κ1) is 15.5. The van der Waals surface area contributed by atoms with Crippen molar-refractivity contribution in [1.82, 2.24) is 0 Å². The number of hydrogen-bond donors (Lipinski definition) is 1. The number of nitro groups is 1. The van der Waals surface area contributed by atoms with E-state index in [-0.39, 0.29) is 16.3 Å². The molecule has 0 amide bonds. The molecule has 0 atom stereocenters. The van der Waals surface area contributed by atoms with Crippen LogP contribution in [0.2, 0.25) is 0 Å². The molecule has 0 bridgehead atoms. The maximum absolute atomic E-state index is 11.7. The van der Waals surface area contributed by atoms with Crippen molar-refractivity contribution in [3.05, 3.63) is 40.0 Å². The van der Waals surface area contributed by atoms with Crippen molar-refractivity contribution >= 4 is 21.2 Å². The molecule has 1 aliphatic carbocycles. The van der Waals surface area contributed by atoms with E-state index in [0.29, 0.717) is 6.54 Å². The Hall–Kier alpha value is -1.89. The number of benzene rings is 1. The molecule has 6 nitrogen and oxygen atoms in total. The van der Waals surface area contributed by atoms with E-state index in [2.05, 4.69) is 11.4 Å². The van der Waals surface area contributed by atoms with Gasteiger partial charge in [-0.2, -0.15) is 0 Å². The number of nitro benzene ring substituents is 1. The Morgan fingerprint density at radius 1 is 1.38 bits per heavy atom. The molecule has 0 saturated carbocycles. The zero-order valence-corrected chi connectivity index (χ0v) is 12.6. The van der Waals surface area contributed by atoms with Gasteiger partial charge in [-0.15, -0.1) is 0 Å². The minimum absolute atomic E-state index is 0.251. The second-order valence-electron chi connectivity index (χ2n) is 5.11. The van der Waals surface area contributed by atoms with E-state index in [4.69, 9.17) is 0 Å². The first-order valence-electron chi connectivity index (χ1n) is 6.79. The van der Waals surface area contributed by atoms with Gasteiger partial charge in [0.2, 0.25) is 0 Å². The van der Waals surface area contributed by atoms with Gasteiger partial charge in [-0.1, -0.05) is 17.7 Å². The van der Waals surface area contributed by atoms with Gasteiger partial charge >= 0.3 is 5.69 Å². The van der Waals surface area contributed by atoms with Gasteiger partial charge in [0.1, 0.15) is 10.6 Å². The van der Waals surface area contributed by atoms with Crippen molar-refractivity contribution in [2.75, 3.05) is 18.1 Å². The van der Waals surface area contributed by atoms with Crippen LogP contribution in [-0.2, 0) is 9.84 Å². The number of allylic oxidation sites excluding steroid dienone is 1. The molecule has 114 valence electrons. The maximum Gasteiger partial charge on any atom is 0.310 e. The Morgan fingerprint density at radius 3 is 2.71 bits per heavy atom. The van der Waals surface area contributed by atoms with Crippen LogP contribution in [0.25, 0.3) is 0 Å². The van der Waals surface area contributed by atoms with E-state index in [9.17, 15) is 18.5 Å². The number of nitrogens with one attached hydrogen (secondary N) is 1. The largest absolute Gasteiger partial charge is 0.379 e. The van der Waals surface area contributed by atoms with Crippen LogP contribution in [0, 0.1) is 10.1 Å². The summed E-state index contributed by atoms with van der Waals surface area (Å²) in [6.45, 7) is 0.555. The van der Waals surface area contributed by atoms with Gasteiger partial charge < -0.3 is 5.32 Å². The van der Waals surface area contributed by atoms with E-state index < -0.39 is 14.8 Å². The van der Waals surface area contributed by atoms with Gasteiger partial charge in [-0.25, -0.2) is 8.42 Å². The monoisotopic (exact) mass is 310 g/mol. The van der Waals surface area contributed by atoms with Crippen molar-refractivity contribution < 1.29 is 13.3 Å². The average molecular weight is 310 g/mol. The summed E-state index contributed by atoms with van der Waals surface area (Å²) in [5.74, 6) is 0. The molecular weight excluding hydrogens is 292 g/mol. The van der Waals surface area contributed by atoms with Crippen molar-refractivity contribution in [2.24, 2.45) is 0 Å². The number of hydrogen-bond acceptors (Lipinski definition) is 5. The fourth-order valence-electron chi connectivity index (χ4n) is 2.47. The third kappa shape index (κ3) is 3.81. The number of para-hydroxylation sites is 1. The molecule has 0 spiro atoms. The van der Waals surface area contributed by atoms with Crippen LogP contribution >= 0.6 is 0 Å². The summed E-state index contributed by atoms with van der Waals surface area (Å²) < 4.78 is 23.3. The predicted octanol–water partition coefficient (Wildman–Crippen LogP) is 2.91. The highest BCUT2D eigenvalue weighted by Gasteiger charge is 2.25. The lowest BCUT2D eigenvalue weighted by molar-refractivity contribution is -0.386. The zero-order valence-electron chi connectivity index (χ0n) is 11.8. The Bertz CT molecular complexity index is 680. The fourth-order valence-corrected chi connectivity index (χ4v) is 3.34. The minimum atomic E-state index is -3.63. The summed E-state index contributed by atoms with van der Waals surface area (Å²) in [5, 5.41) is 14.2. The van der Waals surface area contributed by atoms with Gasteiger partial charge in [0, 0.05) is 12.8 Å². The van der Waals surface area contributed by atoms with Crippen molar-refractivity contribution in [1.29, 1.82) is 0 Å². The molecule has 0 heterocycles. The van der Waals surface area contributed by atoms with Gasteiger partial charge in [-0.05, 0) is 37.8 Å². The number of sulfone groups is 1. The average Bonchev–Trinajstić information content (AvgIpc) is 2.90. The molecule has 7 heteroatoms. The summed E-state index contributed by atoms with van der Waals surface area (Å²) in [5.41, 5.74) is 1.23. The Morgan fingerprint density at radius 2 is 2.14 bits per heavy atom. The van der Waals surface area contributed by atoms with E-state index >= 15 is 0 Å². The third-order valence-electron chi connectivity index (χ3n) is 3.48. The number of rotatable bonds is 6. The Balaban J connectivity index is 2.20. The highest BCUT2D eigenvalue weighted by molar-refractivity contribution is 7.90. The molecule has 21 heavy (non-hydrogen) atoms. The standard InChI is InChI=1S/C14H18N2O4S/c1-21(19,20)13-8-4-7-12(14(13)16(17)18)15-10-9-11-5-2-3-6-11/h4-5,7-8,15H,2-3,6,9-10H2,1H3. The highest BCUT2D eigenvalue weighted by Crippen LogP contribution is 2.32. The molecule has 0 unspecified atom stereocenters. The van der Waals surface area contributed by atoms with Gasteiger partial charge in [0.15, 0.2) is 9.84 Å². The lowest BCUT2D eigenvalue weighted by atomic mass is 10.1. The van der Waals surface area contributed by atoms with Crippen LogP contribution in [-0.4, -0.2) is 26.1 Å². The molecule has 1 N–H and O–H groups in total. The second kappa shape index (κ2) is 6.26. The van der Waals surface area contributed by atoms with Crippen LogP contribution in [0.4, 0.5) is 11.4 Å². The van der Waals surface area contributed by atoms with Crippen LogP contribution in [0.1, 0.15) is 25.7 Å². The minimum Gasteiger partial charge on any atom is -0.379 e. The van der Waals surface area contributed by atoms with E-state index in [0.717, 1.165) is 25.5 Å². The Kier molecular flexibility index (Phi) is 4.62. The summed E-state index contributed by atoms with van der Waals surface area (Å²) in [7, 11) is -3.63. The molecule has 0 aliphatic heterocycles. The van der Waals surface area contributed by atoms with Crippen LogP contribution in [0.15, 0.2) is 34.7 Å². The summed E-state index contributed by atoms with van der Waals surface area (Å²) in [6.07, 6.45) is 7.33. The molecule has 1 aromatic rings. The number of nitrogens with zero attached hydrogens (tertiary/aromatic N) is 1. The van der Waals surface area contributed by atoms with Gasteiger partial charge in [0.05, 0.1) is 4.92 Å². The molecule has 1 aliphatic rings. The molecule has 1 aromatic carbocycles. The third-order valence-corrected chi connectivity index (χ3v) is 4.61. The highest BCUT2D eigenvalue weighted by atomic mass is 32.2. The van der Waals surface area contributed by atoms with Gasteiger partial charge in [-0.3, -0.25) is 10.1 Å². The van der Waals surface area contributed by atoms with Crippen molar-refractivity contribution in [3.8, 4) is 0 Å². The molecule has 2 rings (SSSR count). The number of anilines is 1. The van der Waals surface area contributed by atoms with Crippen LogP contribution in [0.5, 0.6) is 0 Å². The first-order valence-corrected chi connectivity index (χ1v) is 8.68. The lowest BCUT2D eigenvalue weighted by Gasteiger charge is -2.09. The molecular formula is C14H18N2O4S. The topological polar surface area (TPSA) is 89.3 Å². The molecule has 0 aromatic heterocycles. The quantitative estimate of drug-likeness (QED) is 0.496. The smallest absolute Gasteiger partial charge is 0.310 e. The van der Waals surface area contributed by atoms with Gasteiger partial charge in [0.25, 0.3) is 0 Å². The summed E-state index contributed by atoms with van der Waals surface area (Å²) >= 11 is 0. The second-order valence-corrected chi connectivity index (χ2v) is 7.10. The van der Waals surface area contributed by atoms with E-state index in [1.54, 1.807) is 0 Å². The summed E-state index contributed by atoms with van der Waals surface area (Å²) in [6, 6.07) is 4.31. The zero-order chi connectivity index (χ0) is 15.5. The van der Waals surface area contributed by atoms with Crippen LogP contribution < -0.4 is 5.32 Å². The molecule has 0 radical (unpaired) electrons. The van der Waals surface area contributed by atoms with E-state index in [1.165, 1.54) is 30.2 Å². The maximum atomic E-state index is 11.7. The van der Waals surface area contributed by atoms with Crippen molar-refractivity contribution in [2.45, 2.75) is 30.6 Å². The van der Waals surface area contributed by atoms with Crippen LogP contribution in [0.3, 0.4) is 0 Å².